The summed E-state index contributed by atoms with van der Waals surface area (Å²) in [6, 6.07) is 10.1. The summed E-state index contributed by atoms with van der Waals surface area (Å²) in [6.45, 7) is 1.96. The summed E-state index contributed by atoms with van der Waals surface area (Å²) in [5, 5.41) is 0. The SMILES string of the molecule is Cc1cc(CCl)nc(CSc2ccc(Br)cc2)n1. The highest BCUT2D eigenvalue weighted by Gasteiger charge is 2.03. The van der Waals surface area contributed by atoms with Crippen LogP contribution in [0.3, 0.4) is 0 Å². The van der Waals surface area contributed by atoms with Gasteiger partial charge in [0, 0.05) is 15.1 Å². The molecule has 0 aliphatic heterocycles. The van der Waals surface area contributed by atoms with E-state index in [2.05, 4.69) is 38.0 Å². The molecule has 2 nitrogen and oxygen atoms in total. The molecule has 0 aliphatic rings. The van der Waals surface area contributed by atoms with Gasteiger partial charge in [0.15, 0.2) is 0 Å². The number of nitrogens with zero attached hydrogens (tertiary/aromatic N) is 2. The van der Waals surface area contributed by atoms with Gasteiger partial charge in [0.2, 0.25) is 0 Å². The molecule has 0 spiro atoms. The first-order valence-electron chi connectivity index (χ1n) is 5.45. The lowest BCUT2D eigenvalue weighted by molar-refractivity contribution is 0.955. The van der Waals surface area contributed by atoms with Crippen molar-refractivity contribution in [3.8, 4) is 0 Å². The molecule has 5 heteroatoms. The van der Waals surface area contributed by atoms with Crippen molar-refractivity contribution in [1.29, 1.82) is 0 Å². The van der Waals surface area contributed by atoms with Crippen LogP contribution in [0.1, 0.15) is 17.2 Å². The Morgan fingerprint density at radius 3 is 2.61 bits per heavy atom. The molecule has 1 aromatic carbocycles. The zero-order valence-electron chi connectivity index (χ0n) is 9.86. The van der Waals surface area contributed by atoms with Crippen LogP contribution >= 0.6 is 39.3 Å². The van der Waals surface area contributed by atoms with E-state index >= 15 is 0 Å². The standard InChI is InChI=1S/C13H12BrClN2S/c1-9-6-11(7-15)17-13(16-9)8-18-12-4-2-10(14)3-5-12/h2-6H,7-8H2,1H3. The molecule has 0 saturated carbocycles. The molecule has 94 valence electrons. The Labute approximate surface area is 124 Å². The van der Waals surface area contributed by atoms with Crippen molar-refractivity contribution >= 4 is 39.3 Å². The minimum Gasteiger partial charge on any atom is -0.237 e. The molecular weight excluding hydrogens is 332 g/mol. The second-order valence-corrected chi connectivity index (χ2v) is 6.02. The Hall–Kier alpha value is -0.580. The Balaban J connectivity index is 2.05. The van der Waals surface area contributed by atoms with Gasteiger partial charge in [-0.25, -0.2) is 9.97 Å². The van der Waals surface area contributed by atoms with Crippen LogP contribution in [-0.2, 0) is 11.6 Å². The molecule has 0 atom stereocenters. The van der Waals surface area contributed by atoms with Gasteiger partial charge in [0.1, 0.15) is 5.82 Å². The smallest absolute Gasteiger partial charge is 0.139 e. The molecule has 0 bridgehead atoms. The van der Waals surface area contributed by atoms with Gasteiger partial charge in [-0.2, -0.15) is 0 Å². The van der Waals surface area contributed by atoms with Crippen LogP contribution in [0.25, 0.3) is 0 Å². The van der Waals surface area contributed by atoms with E-state index in [1.807, 2.05) is 25.1 Å². The van der Waals surface area contributed by atoms with Crippen LogP contribution in [0.4, 0.5) is 0 Å². The van der Waals surface area contributed by atoms with E-state index in [0.717, 1.165) is 27.4 Å². The summed E-state index contributed by atoms with van der Waals surface area (Å²) >= 11 is 10.9. The maximum atomic E-state index is 5.80. The normalized spacial score (nSPS) is 10.6. The molecule has 2 aromatic rings. The molecule has 0 N–H and O–H groups in total. The van der Waals surface area contributed by atoms with Crippen LogP contribution in [0.15, 0.2) is 39.7 Å². The van der Waals surface area contributed by atoms with Crippen LogP contribution in [0, 0.1) is 6.92 Å². The first-order chi connectivity index (χ1) is 8.67. The number of rotatable bonds is 4. The number of alkyl halides is 1. The quantitative estimate of drug-likeness (QED) is 0.600. The predicted molar refractivity (Wildman–Crippen MR) is 80.0 cm³/mol. The fraction of sp³-hybridized carbons (Fsp3) is 0.231. The number of hydrogen-bond acceptors (Lipinski definition) is 3. The zero-order chi connectivity index (χ0) is 13.0. The third kappa shape index (κ3) is 3.97. The average molecular weight is 344 g/mol. The van der Waals surface area contributed by atoms with Crippen molar-refractivity contribution in [2.75, 3.05) is 0 Å². The fourth-order valence-corrected chi connectivity index (χ4v) is 2.67. The first kappa shape index (κ1) is 13.8. The number of halogens is 2. The van der Waals surface area contributed by atoms with Gasteiger partial charge >= 0.3 is 0 Å². The van der Waals surface area contributed by atoms with E-state index in [9.17, 15) is 0 Å². The van der Waals surface area contributed by atoms with Gasteiger partial charge in [-0.3, -0.25) is 0 Å². The van der Waals surface area contributed by atoms with Gasteiger partial charge in [-0.1, -0.05) is 15.9 Å². The highest BCUT2D eigenvalue weighted by molar-refractivity contribution is 9.10. The summed E-state index contributed by atoms with van der Waals surface area (Å²) < 4.78 is 1.09. The second-order valence-electron chi connectivity index (χ2n) is 3.79. The molecule has 1 heterocycles. The van der Waals surface area contributed by atoms with Crippen molar-refractivity contribution in [2.24, 2.45) is 0 Å². The number of aryl methyl sites for hydroxylation is 1. The molecule has 0 aliphatic carbocycles. The average Bonchev–Trinajstić information content (AvgIpc) is 2.37. The molecule has 0 radical (unpaired) electrons. The Kier molecular flexibility index (Phi) is 5.03. The molecule has 1 aromatic heterocycles. The van der Waals surface area contributed by atoms with Gasteiger partial charge in [0.05, 0.1) is 17.3 Å². The summed E-state index contributed by atoms with van der Waals surface area (Å²) in [7, 11) is 0. The van der Waals surface area contributed by atoms with Crippen molar-refractivity contribution in [1.82, 2.24) is 9.97 Å². The molecular formula is C13H12BrClN2S. The monoisotopic (exact) mass is 342 g/mol. The topological polar surface area (TPSA) is 25.8 Å². The second kappa shape index (κ2) is 6.55. The van der Waals surface area contributed by atoms with Crippen LogP contribution < -0.4 is 0 Å². The lowest BCUT2D eigenvalue weighted by Crippen LogP contribution is -1.98. The van der Waals surface area contributed by atoms with E-state index in [1.54, 1.807) is 11.8 Å². The molecule has 0 fully saturated rings. The Morgan fingerprint density at radius 2 is 1.94 bits per heavy atom. The lowest BCUT2D eigenvalue weighted by Gasteiger charge is -2.04. The van der Waals surface area contributed by atoms with E-state index in [-0.39, 0.29) is 0 Å². The Bertz CT molecular complexity index is 531. The number of aromatic nitrogens is 2. The van der Waals surface area contributed by atoms with Crippen LogP contribution in [-0.4, -0.2) is 9.97 Å². The summed E-state index contributed by atoms with van der Waals surface area (Å²) in [4.78, 5) is 10.0. The molecule has 0 unspecified atom stereocenters. The first-order valence-corrected chi connectivity index (χ1v) is 7.76. The van der Waals surface area contributed by atoms with Gasteiger partial charge in [-0.15, -0.1) is 23.4 Å². The largest absolute Gasteiger partial charge is 0.237 e. The van der Waals surface area contributed by atoms with E-state index in [1.165, 1.54) is 4.90 Å². The highest BCUT2D eigenvalue weighted by atomic mass is 79.9. The van der Waals surface area contributed by atoms with Crippen molar-refractivity contribution in [3.05, 3.63) is 52.0 Å². The van der Waals surface area contributed by atoms with Crippen molar-refractivity contribution < 1.29 is 0 Å². The van der Waals surface area contributed by atoms with E-state index < -0.39 is 0 Å². The third-order valence-corrected chi connectivity index (χ3v) is 4.08. The van der Waals surface area contributed by atoms with Crippen molar-refractivity contribution in [3.63, 3.8) is 0 Å². The maximum Gasteiger partial charge on any atom is 0.139 e. The minimum absolute atomic E-state index is 0.430. The number of hydrogen-bond donors (Lipinski definition) is 0. The van der Waals surface area contributed by atoms with Gasteiger partial charge in [-0.05, 0) is 37.3 Å². The van der Waals surface area contributed by atoms with E-state index in [0.29, 0.717) is 5.88 Å². The van der Waals surface area contributed by atoms with Gasteiger partial charge in [0.25, 0.3) is 0 Å². The lowest BCUT2D eigenvalue weighted by atomic mass is 10.3. The summed E-state index contributed by atoms with van der Waals surface area (Å²) in [5.41, 5.74) is 1.85. The zero-order valence-corrected chi connectivity index (χ0v) is 13.0. The van der Waals surface area contributed by atoms with Crippen molar-refractivity contribution in [2.45, 2.75) is 23.5 Å². The molecule has 0 amide bonds. The molecule has 18 heavy (non-hydrogen) atoms. The van der Waals surface area contributed by atoms with Gasteiger partial charge < -0.3 is 0 Å². The fourth-order valence-electron chi connectivity index (χ4n) is 1.51. The maximum absolute atomic E-state index is 5.80. The third-order valence-electron chi connectivity index (χ3n) is 2.27. The molecule has 2 rings (SSSR count). The van der Waals surface area contributed by atoms with Crippen LogP contribution in [0.5, 0.6) is 0 Å². The van der Waals surface area contributed by atoms with Crippen LogP contribution in [0.2, 0.25) is 0 Å². The number of thioether (sulfide) groups is 1. The predicted octanol–water partition coefficient (Wildman–Crippen LogP) is 4.58. The Morgan fingerprint density at radius 1 is 1.22 bits per heavy atom. The van der Waals surface area contributed by atoms with E-state index in [4.69, 9.17) is 11.6 Å². The summed E-state index contributed by atoms with van der Waals surface area (Å²) in [5.74, 6) is 2.02. The summed E-state index contributed by atoms with van der Waals surface area (Å²) in [6.07, 6.45) is 0. The minimum atomic E-state index is 0.430. The molecule has 0 saturated heterocycles. The number of benzene rings is 1. The highest BCUT2D eigenvalue weighted by Crippen LogP contribution is 2.23.